The Kier molecular flexibility index (Phi) is 8.65. The predicted molar refractivity (Wildman–Crippen MR) is 107 cm³/mol. The van der Waals surface area contributed by atoms with Crippen molar-refractivity contribution < 1.29 is 0 Å². The first-order valence-electron chi connectivity index (χ1n) is 8.85. The third-order valence-electron chi connectivity index (χ3n) is 3.91. The molecule has 2 aromatic rings. The average molecular weight is 325 g/mol. The highest BCUT2D eigenvalue weighted by Gasteiger charge is 2.03. The molecule has 1 heteroatoms. The maximum Gasteiger partial charge on any atom is 0.0150 e. The molecule has 0 fully saturated rings. The molecule has 0 bridgehead atoms. The van der Waals surface area contributed by atoms with Crippen molar-refractivity contribution in [3.8, 4) is 0 Å². The zero-order valence-electron chi connectivity index (χ0n) is 14.2. The van der Waals surface area contributed by atoms with Crippen LogP contribution in [0, 0.1) is 0 Å². The molecule has 23 heavy (non-hydrogen) atoms. The quantitative estimate of drug-likeness (QED) is 0.327. The van der Waals surface area contributed by atoms with Gasteiger partial charge in [0.25, 0.3) is 0 Å². The molecule has 0 amide bonds. The highest BCUT2D eigenvalue weighted by Crippen LogP contribution is 2.30. The van der Waals surface area contributed by atoms with Gasteiger partial charge in [-0.1, -0.05) is 99.7 Å². The van der Waals surface area contributed by atoms with Crippen molar-refractivity contribution in [2.24, 2.45) is 0 Å². The summed E-state index contributed by atoms with van der Waals surface area (Å²) >= 11 is 1.99. The minimum Gasteiger partial charge on any atom is -0.126 e. The second kappa shape index (κ2) is 11.1. The van der Waals surface area contributed by atoms with Crippen molar-refractivity contribution in [3.05, 3.63) is 71.8 Å². The standard InChI is InChI=1S/C22H28S/c1-2-3-4-5-6-13-18-23-22(21-16-11-8-12-17-21)19-20-14-9-7-10-15-20/h7-12,14-17,19H,2-6,13,18H2,1H3/b22-19-. The van der Waals surface area contributed by atoms with Crippen LogP contribution >= 0.6 is 11.8 Å². The number of hydrogen-bond donors (Lipinski definition) is 0. The van der Waals surface area contributed by atoms with Crippen LogP contribution in [0.15, 0.2) is 60.7 Å². The molecule has 0 heterocycles. The van der Waals surface area contributed by atoms with Gasteiger partial charge in [-0.15, -0.1) is 11.8 Å². The van der Waals surface area contributed by atoms with E-state index in [-0.39, 0.29) is 0 Å². The highest BCUT2D eigenvalue weighted by molar-refractivity contribution is 8.08. The molecule has 0 aliphatic carbocycles. The first-order valence-corrected chi connectivity index (χ1v) is 9.83. The Morgan fingerprint density at radius 1 is 0.783 bits per heavy atom. The lowest BCUT2D eigenvalue weighted by Gasteiger charge is -2.08. The number of thioether (sulfide) groups is 1. The molecule has 0 saturated carbocycles. The normalized spacial score (nSPS) is 11.6. The van der Waals surface area contributed by atoms with Crippen LogP contribution in [0.25, 0.3) is 11.0 Å². The number of unbranched alkanes of at least 4 members (excludes halogenated alkanes) is 5. The molecule has 0 saturated heterocycles. The summed E-state index contributed by atoms with van der Waals surface area (Å²) in [5.41, 5.74) is 2.61. The van der Waals surface area contributed by atoms with Gasteiger partial charge in [0.1, 0.15) is 0 Å². The molecule has 0 N–H and O–H groups in total. The van der Waals surface area contributed by atoms with Gasteiger partial charge in [0, 0.05) is 4.91 Å². The number of benzene rings is 2. The fraction of sp³-hybridized carbons (Fsp3) is 0.364. The monoisotopic (exact) mass is 324 g/mol. The van der Waals surface area contributed by atoms with E-state index in [1.54, 1.807) is 0 Å². The summed E-state index contributed by atoms with van der Waals surface area (Å²) in [7, 11) is 0. The molecule has 2 aromatic carbocycles. The fourth-order valence-corrected chi connectivity index (χ4v) is 3.67. The molecular formula is C22H28S. The van der Waals surface area contributed by atoms with Crippen molar-refractivity contribution in [3.63, 3.8) is 0 Å². The van der Waals surface area contributed by atoms with Crippen LogP contribution in [-0.4, -0.2) is 5.75 Å². The van der Waals surface area contributed by atoms with Crippen LogP contribution in [0.1, 0.15) is 56.6 Å². The maximum atomic E-state index is 2.32. The molecule has 0 unspecified atom stereocenters. The van der Waals surface area contributed by atoms with Crippen LogP contribution in [-0.2, 0) is 0 Å². The van der Waals surface area contributed by atoms with Gasteiger partial charge in [0.15, 0.2) is 0 Å². The first kappa shape index (κ1) is 17.9. The minimum absolute atomic E-state index is 1.21. The van der Waals surface area contributed by atoms with E-state index in [0.29, 0.717) is 0 Å². The van der Waals surface area contributed by atoms with E-state index in [9.17, 15) is 0 Å². The molecule has 0 atom stereocenters. The summed E-state index contributed by atoms with van der Waals surface area (Å²) in [6, 6.07) is 21.4. The smallest absolute Gasteiger partial charge is 0.0150 e. The van der Waals surface area contributed by atoms with E-state index in [4.69, 9.17) is 0 Å². The van der Waals surface area contributed by atoms with E-state index < -0.39 is 0 Å². The largest absolute Gasteiger partial charge is 0.126 e. The van der Waals surface area contributed by atoms with E-state index in [1.165, 1.54) is 60.3 Å². The molecule has 0 aromatic heterocycles. The minimum atomic E-state index is 1.21. The van der Waals surface area contributed by atoms with Crippen LogP contribution in [0.4, 0.5) is 0 Å². The summed E-state index contributed by atoms with van der Waals surface area (Å²) in [6.07, 6.45) is 10.5. The molecular weight excluding hydrogens is 296 g/mol. The van der Waals surface area contributed by atoms with Crippen molar-refractivity contribution in [1.29, 1.82) is 0 Å². The van der Waals surface area contributed by atoms with Gasteiger partial charge in [-0.3, -0.25) is 0 Å². The van der Waals surface area contributed by atoms with Gasteiger partial charge in [0.2, 0.25) is 0 Å². The van der Waals surface area contributed by atoms with E-state index in [2.05, 4.69) is 73.7 Å². The maximum absolute atomic E-state index is 2.32. The lowest BCUT2D eigenvalue weighted by molar-refractivity contribution is 0.627. The van der Waals surface area contributed by atoms with E-state index in [0.717, 1.165) is 0 Å². The SMILES string of the molecule is CCCCCCCCS/C(=C\c1ccccc1)c1ccccc1. The topological polar surface area (TPSA) is 0 Å². The van der Waals surface area contributed by atoms with Crippen molar-refractivity contribution >= 4 is 22.7 Å². The Morgan fingerprint density at radius 2 is 1.39 bits per heavy atom. The van der Waals surface area contributed by atoms with Gasteiger partial charge in [-0.25, -0.2) is 0 Å². The van der Waals surface area contributed by atoms with Crippen LogP contribution in [0.5, 0.6) is 0 Å². The fourth-order valence-electron chi connectivity index (χ4n) is 2.58. The molecule has 0 aliphatic heterocycles. The second-order valence-electron chi connectivity index (χ2n) is 5.90. The predicted octanol–water partition coefficient (Wildman–Crippen LogP) is 7.28. The number of rotatable bonds is 10. The molecule has 0 aliphatic rings. The third-order valence-corrected chi connectivity index (χ3v) is 5.07. The van der Waals surface area contributed by atoms with Crippen molar-refractivity contribution in [2.45, 2.75) is 45.4 Å². The summed E-state index contributed by atoms with van der Waals surface area (Å²) in [6.45, 7) is 2.27. The second-order valence-corrected chi connectivity index (χ2v) is 7.04. The lowest BCUT2D eigenvalue weighted by Crippen LogP contribution is -1.86. The summed E-state index contributed by atoms with van der Waals surface area (Å²) in [5, 5.41) is 0. The van der Waals surface area contributed by atoms with Gasteiger partial charge in [-0.05, 0) is 29.4 Å². The third kappa shape index (κ3) is 7.09. The van der Waals surface area contributed by atoms with E-state index >= 15 is 0 Å². The average Bonchev–Trinajstić information content (AvgIpc) is 2.61. The van der Waals surface area contributed by atoms with Crippen molar-refractivity contribution in [1.82, 2.24) is 0 Å². The van der Waals surface area contributed by atoms with E-state index in [1.807, 2.05) is 11.8 Å². The highest BCUT2D eigenvalue weighted by atomic mass is 32.2. The number of hydrogen-bond acceptors (Lipinski definition) is 1. The Labute approximate surface area is 146 Å². The Balaban J connectivity index is 1.92. The van der Waals surface area contributed by atoms with Crippen molar-refractivity contribution in [2.75, 3.05) is 5.75 Å². The summed E-state index contributed by atoms with van der Waals surface area (Å²) < 4.78 is 0. The van der Waals surface area contributed by atoms with Gasteiger partial charge in [-0.2, -0.15) is 0 Å². The van der Waals surface area contributed by atoms with Crippen LogP contribution in [0.3, 0.4) is 0 Å². The van der Waals surface area contributed by atoms with Crippen LogP contribution in [0.2, 0.25) is 0 Å². The summed E-state index contributed by atoms with van der Waals surface area (Å²) in [4.78, 5) is 1.38. The Bertz CT molecular complexity index is 557. The van der Waals surface area contributed by atoms with Gasteiger partial charge < -0.3 is 0 Å². The Morgan fingerprint density at radius 3 is 2.09 bits per heavy atom. The molecule has 0 radical (unpaired) electrons. The summed E-state index contributed by atoms with van der Waals surface area (Å²) in [5.74, 6) is 1.21. The van der Waals surface area contributed by atoms with Crippen LogP contribution < -0.4 is 0 Å². The van der Waals surface area contributed by atoms with Gasteiger partial charge >= 0.3 is 0 Å². The van der Waals surface area contributed by atoms with Gasteiger partial charge in [0.05, 0.1) is 0 Å². The molecule has 2 rings (SSSR count). The zero-order chi connectivity index (χ0) is 16.2. The zero-order valence-corrected chi connectivity index (χ0v) is 15.0. The molecule has 0 spiro atoms. The Hall–Kier alpha value is -1.47. The first-order chi connectivity index (χ1) is 11.4. The molecule has 0 nitrogen and oxygen atoms in total. The molecule has 122 valence electrons. The lowest BCUT2D eigenvalue weighted by atomic mass is 10.1.